The molecule has 32 nitrogen and oxygen atoms in total. The molecule has 1 aliphatic carbocycles. The van der Waals surface area contributed by atoms with Crippen molar-refractivity contribution in [2.75, 3.05) is 52.4 Å². The Morgan fingerprint density at radius 2 is 1.18 bits per heavy atom. The van der Waals surface area contributed by atoms with E-state index >= 15 is 4.79 Å². The van der Waals surface area contributed by atoms with Crippen LogP contribution in [0.3, 0.4) is 0 Å². The maximum Gasteiger partial charge on any atom is 0.326 e. The molecule has 0 unspecified atom stereocenters. The molecule has 3 fully saturated rings. The van der Waals surface area contributed by atoms with Crippen LogP contribution in [0.25, 0.3) is 0 Å². The number of aliphatic imine (C=N–C) groups is 3. The molecule has 0 radical (unpaired) electrons. The topological polar surface area (TPSA) is 524 Å². The van der Waals surface area contributed by atoms with Gasteiger partial charge in [-0.1, -0.05) is 73.9 Å². The predicted octanol–water partition coefficient (Wildman–Crippen LogP) is -5.08. The van der Waals surface area contributed by atoms with E-state index in [1.54, 1.807) is 48.5 Å². The zero-order valence-electron chi connectivity index (χ0n) is 51.7. The number of nitrogens with two attached hydrogens (primary N) is 7. The molecule has 0 spiro atoms. The summed E-state index contributed by atoms with van der Waals surface area (Å²) in [5.41, 5.74) is 40.8. The highest BCUT2D eigenvalue weighted by molar-refractivity contribution is 5.98. The maximum atomic E-state index is 15.1. The summed E-state index contributed by atoms with van der Waals surface area (Å²) in [5.74, 6) is -8.46. The number of rotatable bonds is 32. The normalized spacial score (nSPS) is 19.5. The Morgan fingerprint density at radius 1 is 0.609 bits per heavy atom. The summed E-state index contributed by atoms with van der Waals surface area (Å²) in [4.78, 5) is 157. The van der Waals surface area contributed by atoms with E-state index in [-0.39, 0.29) is 115 Å². The van der Waals surface area contributed by atoms with Gasteiger partial charge in [0.25, 0.3) is 0 Å². The summed E-state index contributed by atoms with van der Waals surface area (Å²) >= 11 is 0. The van der Waals surface area contributed by atoms with E-state index in [2.05, 4.69) is 41.6 Å². The third kappa shape index (κ3) is 21.2. The average molecular weight is 1290 g/mol. The van der Waals surface area contributed by atoms with E-state index in [0.29, 0.717) is 36.8 Å². The Kier molecular flexibility index (Phi) is 27.7. The number of likely N-dealkylation sites (tertiary alicyclic amines) is 2. The third-order valence-electron chi connectivity index (χ3n) is 16.7. The SMILES string of the molecule is NC(N)=NCCC[C@@H](N)C(=O)N[C@@H](CCCN=C(N)N)C(=O)N1CCC[C@H]1C(=O)N1C[C@H](O)C[C@H]1C(=O)NCC(=O)N[C@@H](Cc1ccccc1)C(=O)N[C@@H](CO)C(=O)N1Cc2ccccc2C[C@@H]1C(=O)N(CC(=O)N[C@@H](CCCN=C(N)N)C(=O)O)C1CCCCC1. The van der Waals surface area contributed by atoms with E-state index in [1.165, 1.54) is 14.7 Å². The number of hydrogen-bond acceptors (Lipinski definition) is 16. The van der Waals surface area contributed by atoms with E-state index in [1.807, 2.05) is 6.07 Å². The van der Waals surface area contributed by atoms with Crippen LogP contribution in [0.15, 0.2) is 69.6 Å². The highest BCUT2D eigenvalue weighted by Crippen LogP contribution is 2.30. The van der Waals surface area contributed by atoms with Gasteiger partial charge >= 0.3 is 5.97 Å². The summed E-state index contributed by atoms with van der Waals surface area (Å²) < 4.78 is 0. The first kappa shape index (κ1) is 71.9. The van der Waals surface area contributed by atoms with Crippen LogP contribution >= 0.6 is 0 Å². The van der Waals surface area contributed by atoms with Gasteiger partial charge in [-0.2, -0.15) is 0 Å². The minimum Gasteiger partial charge on any atom is -0.480 e. The molecule has 1 saturated carbocycles. The Bertz CT molecular complexity index is 2990. The molecule has 0 aromatic heterocycles. The first-order chi connectivity index (χ1) is 43.9. The van der Waals surface area contributed by atoms with Crippen LogP contribution in [-0.4, -0.2) is 225 Å². The number of guanidine groups is 3. The molecule has 0 bridgehead atoms. The van der Waals surface area contributed by atoms with Crippen LogP contribution in [0.5, 0.6) is 0 Å². The number of nitrogens with zero attached hydrogens (tertiary/aromatic N) is 7. The van der Waals surface area contributed by atoms with Crippen LogP contribution in [0.2, 0.25) is 0 Å². The molecular formula is C60H91N19O13. The molecule has 2 saturated heterocycles. The first-order valence-electron chi connectivity index (χ1n) is 31.2. The highest BCUT2D eigenvalue weighted by Gasteiger charge is 2.47. The van der Waals surface area contributed by atoms with Crippen molar-refractivity contribution in [3.05, 3.63) is 71.3 Å². The molecule has 9 atom stereocenters. The quantitative estimate of drug-likeness (QED) is 0.0185. The zero-order chi connectivity index (χ0) is 67.0. The summed E-state index contributed by atoms with van der Waals surface area (Å²) in [7, 11) is 0. The van der Waals surface area contributed by atoms with Gasteiger partial charge in [0.05, 0.1) is 31.8 Å². The second-order valence-corrected chi connectivity index (χ2v) is 23.5. The molecule has 4 aliphatic rings. The number of carboxylic acids is 1. The summed E-state index contributed by atoms with van der Waals surface area (Å²) in [6.45, 7) is -2.04. The predicted molar refractivity (Wildman–Crippen MR) is 337 cm³/mol. The zero-order valence-corrected chi connectivity index (χ0v) is 51.7. The van der Waals surface area contributed by atoms with E-state index in [0.717, 1.165) is 29.7 Å². The number of hydrogen-bond donors (Lipinski definition) is 15. The fourth-order valence-electron chi connectivity index (χ4n) is 12.0. The number of aliphatic carboxylic acids is 1. The smallest absolute Gasteiger partial charge is 0.326 e. The molecule has 2 aromatic rings. The fourth-order valence-corrected chi connectivity index (χ4v) is 12.0. The van der Waals surface area contributed by atoms with E-state index in [4.69, 9.17) is 40.1 Å². The lowest BCUT2D eigenvalue weighted by Crippen LogP contribution is -2.62. The highest BCUT2D eigenvalue weighted by atomic mass is 16.4. The van der Waals surface area contributed by atoms with E-state index in [9.17, 15) is 58.5 Å². The van der Waals surface area contributed by atoms with E-state index < -0.39 is 139 Å². The van der Waals surface area contributed by atoms with Gasteiger partial charge < -0.3 is 102 Å². The minimum atomic E-state index is -1.68. The minimum absolute atomic E-state index is 0.00428. The standard InChI is InChI=1S/C60H91N19O13/c61-40(19-9-23-68-58(62)63)50(84)74-41(20-10-24-69-59(64)65)53(87)76-26-12-22-45(76)55(89)79-32-39(81)29-46(79)52(86)71-30-48(82)73-43(27-35-13-3-1-4-14-35)51(85)75-44(34-80)54(88)78-31-37-16-8-7-15-36(37)28-47(78)56(90)77(38-17-5-2-6-18-38)33-49(83)72-42(57(91)92)21-11-25-70-60(66)67/h1,3-4,7-8,13-16,38-47,80-81H,2,5-6,9-12,17-34,61H2,(H,71,86)(H,72,83)(H,73,82)(H,74,84)(H,75,85)(H,91,92)(H4,62,63,68)(H4,64,65,69)(H4,66,67,70)/t39-,40-,41+,42+,43+,44+,45+,46+,47-/m1/s1. The van der Waals surface area contributed by atoms with Crippen molar-refractivity contribution in [1.82, 2.24) is 46.2 Å². The number of aliphatic hydroxyl groups is 2. The van der Waals surface area contributed by atoms with Gasteiger partial charge in [-0.05, 0) is 80.9 Å². The van der Waals surface area contributed by atoms with Crippen molar-refractivity contribution < 1.29 is 63.3 Å². The van der Waals surface area contributed by atoms with Crippen molar-refractivity contribution in [3.8, 4) is 0 Å². The van der Waals surface area contributed by atoms with Crippen molar-refractivity contribution in [2.45, 2.75) is 170 Å². The average Bonchev–Trinajstić information content (AvgIpc) is 1.09. The summed E-state index contributed by atoms with van der Waals surface area (Å²) in [5, 5.41) is 44.7. The van der Waals surface area contributed by atoms with Gasteiger partial charge in [0.1, 0.15) is 42.3 Å². The maximum absolute atomic E-state index is 15.1. The number of β-amino-alcohol motifs (C(OH)–C–C–N with tert-alkyl or cyclic N) is 1. The largest absolute Gasteiger partial charge is 0.480 e. The lowest BCUT2D eigenvalue weighted by Gasteiger charge is -2.42. The molecule has 504 valence electrons. The second kappa shape index (κ2) is 35.4. The second-order valence-electron chi connectivity index (χ2n) is 23.5. The van der Waals surface area contributed by atoms with Gasteiger partial charge in [-0.15, -0.1) is 0 Å². The molecule has 92 heavy (non-hydrogen) atoms. The lowest BCUT2D eigenvalue weighted by molar-refractivity contribution is -0.152. The Labute approximate surface area is 533 Å². The summed E-state index contributed by atoms with van der Waals surface area (Å²) in [6, 6.07) is 4.92. The number of fused-ring (bicyclic) bond motifs is 1. The molecular weight excluding hydrogens is 1190 g/mol. The van der Waals surface area contributed by atoms with Crippen molar-refractivity contribution >= 4 is 77.0 Å². The van der Waals surface area contributed by atoms with Crippen LogP contribution in [0.1, 0.15) is 107 Å². The number of amides is 9. The van der Waals surface area contributed by atoms with Gasteiger partial charge in [0.2, 0.25) is 53.2 Å². The monoisotopic (exact) mass is 1290 g/mol. The van der Waals surface area contributed by atoms with Crippen LogP contribution < -0.4 is 66.7 Å². The molecule has 6 rings (SSSR count). The number of nitrogens with one attached hydrogen (secondary N) is 5. The van der Waals surface area contributed by atoms with Crippen molar-refractivity contribution in [1.29, 1.82) is 0 Å². The number of carbonyl (C=O) groups is 10. The molecule has 9 amide bonds. The van der Waals surface area contributed by atoms with Crippen molar-refractivity contribution in [3.63, 3.8) is 0 Å². The van der Waals surface area contributed by atoms with Crippen LogP contribution in [0.4, 0.5) is 0 Å². The molecule has 3 aliphatic heterocycles. The third-order valence-corrected chi connectivity index (χ3v) is 16.7. The molecule has 2 aromatic carbocycles. The summed E-state index contributed by atoms with van der Waals surface area (Å²) in [6.07, 6.45) is 3.59. The van der Waals surface area contributed by atoms with Gasteiger partial charge in [0, 0.05) is 64.6 Å². The fraction of sp³-hybridized carbons (Fsp3) is 0.583. The lowest BCUT2D eigenvalue weighted by atomic mass is 9.90. The van der Waals surface area contributed by atoms with Gasteiger partial charge in [-0.25, -0.2) is 4.79 Å². The van der Waals surface area contributed by atoms with Gasteiger partial charge in [-0.3, -0.25) is 58.1 Å². The molecule has 32 heteroatoms. The Hall–Kier alpha value is -9.17. The first-order valence-corrected chi connectivity index (χ1v) is 31.2. The Balaban J connectivity index is 1.14. The number of carbonyl (C=O) groups excluding carboxylic acids is 9. The van der Waals surface area contributed by atoms with Crippen LogP contribution in [0, 0.1) is 0 Å². The van der Waals surface area contributed by atoms with Crippen LogP contribution in [-0.2, 0) is 67.3 Å². The Morgan fingerprint density at radius 3 is 1.80 bits per heavy atom. The van der Waals surface area contributed by atoms with Gasteiger partial charge in [0.15, 0.2) is 17.9 Å². The number of aliphatic hydroxyl groups excluding tert-OH is 2. The van der Waals surface area contributed by atoms with Crippen molar-refractivity contribution in [2.24, 2.45) is 55.1 Å². The molecule has 3 heterocycles. The molecule has 22 N–H and O–H groups in total. The number of carboxylic acid groups (broad SMARTS) is 1. The number of benzene rings is 2.